The number of anilines is 2. The summed E-state index contributed by atoms with van der Waals surface area (Å²) in [5, 5.41) is 0. The Morgan fingerprint density at radius 3 is 2.89 bits per heavy atom. The minimum Gasteiger partial charge on any atom is -0.381 e. The Kier molecular flexibility index (Phi) is 4.37. The first kappa shape index (κ1) is 13.8. The van der Waals surface area contributed by atoms with Crippen LogP contribution in [0.1, 0.15) is 13.3 Å². The van der Waals surface area contributed by atoms with E-state index >= 15 is 0 Å². The summed E-state index contributed by atoms with van der Waals surface area (Å²) >= 11 is 0. The highest BCUT2D eigenvalue weighted by molar-refractivity contribution is 5.97. The highest BCUT2D eigenvalue weighted by Crippen LogP contribution is 2.33. The molecule has 4 nitrogen and oxygen atoms in total. The van der Waals surface area contributed by atoms with Gasteiger partial charge in [0.2, 0.25) is 5.91 Å². The third-order valence-corrected chi connectivity index (χ3v) is 3.26. The molecular formula is C14H19FN2O2. The van der Waals surface area contributed by atoms with Crippen molar-refractivity contribution in [3.05, 3.63) is 24.0 Å². The lowest BCUT2D eigenvalue weighted by Crippen LogP contribution is -2.43. The maximum Gasteiger partial charge on any atom is 0.229 e. The molecule has 0 atom stereocenters. The van der Waals surface area contributed by atoms with Gasteiger partial charge in [-0.15, -0.1) is 0 Å². The number of fused-ring (bicyclic) bond motifs is 1. The number of hydrogen-bond acceptors (Lipinski definition) is 3. The van der Waals surface area contributed by atoms with E-state index < -0.39 is 0 Å². The van der Waals surface area contributed by atoms with Gasteiger partial charge in [0.25, 0.3) is 0 Å². The predicted molar refractivity (Wildman–Crippen MR) is 73.1 cm³/mol. The molecule has 0 aliphatic carbocycles. The molecule has 1 aliphatic heterocycles. The maximum atomic E-state index is 13.3. The Bertz CT molecular complexity index is 465. The molecule has 0 spiro atoms. The summed E-state index contributed by atoms with van der Waals surface area (Å²) in [7, 11) is 1.90. The first-order valence-electron chi connectivity index (χ1n) is 6.52. The molecule has 1 aliphatic rings. The number of ether oxygens (including phenoxy) is 1. The number of benzene rings is 1. The number of amides is 1. The van der Waals surface area contributed by atoms with E-state index in [2.05, 4.69) is 0 Å². The van der Waals surface area contributed by atoms with Gasteiger partial charge in [-0.05, 0) is 25.1 Å². The van der Waals surface area contributed by atoms with Gasteiger partial charge in [0.05, 0.1) is 24.4 Å². The van der Waals surface area contributed by atoms with Crippen molar-refractivity contribution in [1.29, 1.82) is 0 Å². The van der Waals surface area contributed by atoms with E-state index in [0.29, 0.717) is 32.7 Å². The zero-order valence-corrected chi connectivity index (χ0v) is 11.4. The van der Waals surface area contributed by atoms with Gasteiger partial charge in [-0.1, -0.05) is 0 Å². The smallest absolute Gasteiger partial charge is 0.229 e. The first-order chi connectivity index (χ1) is 9.13. The minimum atomic E-state index is -0.283. The Balaban J connectivity index is 2.16. The summed E-state index contributed by atoms with van der Waals surface area (Å²) in [6.45, 7) is 4.27. The lowest BCUT2D eigenvalue weighted by Gasteiger charge is -2.35. The largest absolute Gasteiger partial charge is 0.381 e. The Morgan fingerprint density at radius 2 is 2.16 bits per heavy atom. The van der Waals surface area contributed by atoms with Crippen molar-refractivity contribution in [3.8, 4) is 0 Å². The molecule has 1 aromatic rings. The van der Waals surface area contributed by atoms with Gasteiger partial charge in [-0.2, -0.15) is 0 Å². The van der Waals surface area contributed by atoms with Crippen LogP contribution in [0.15, 0.2) is 18.2 Å². The number of carbonyl (C=O) groups excluding carboxylic acids is 1. The lowest BCUT2D eigenvalue weighted by atomic mass is 10.1. The average molecular weight is 266 g/mol. The number of likely N-dealkylation sites (N-methyl/N-ethyl adjacent to an activating group) is 1. The summed E-state index contributed by atoms with van der Waals surface area (Å²) in [5.74, 6) is -0.261. The van der Waals surface area contributed by atoms with Crippen LogP contribution in [0.4, 0.5) is 15.8 Å². The third-order valence-electron chi connectivity index (χ3n) is 3.26. The summed E-state index contributed by atoms with van der Waals surface area (Å²) in [4.78, 5) is 15.8. The van der Waals surface area contributed by atoms with Gasteiger partial charge in [-0.3, -0.25) is 4.79 Å². The average Bonchev–Trinajstić information content (AvgIpc) is 2.40. The van der Waals surface area contributed by atoms with Crippen LogP contribution in [0.3, 0.4) is 0 Å². The number of nitrogens with zero attached hydrogens (tertiary/aromatic N) is 2. The normalized spacial score (nSPS) is 14.5. The van der Waals surface area contributed by atoms with Gasteiger partial charge in [0, 0.05) is 26.7 Å². The highest BCUT2D eigenvalue weighted by Gasteiger charge is 2.25. The Hall–Kier alpha value is -1.62. The van der Waals surface area contributed by atoms with E-state index in [0.717, 1.165) is 11.4 Å². The van der Waals surface area contributed by atoms with Crippen LogP contribution in [0, 0.1) is 5.82 Å². The van der Waals surface area contributed by atoms with Crippen molar-refractivity contribution < 1.29 is 13.9 Å². The monoisotopic (exact) mass is 266 g/mol. The zero-order valence-electron chi connectivity index (χ0n) is 11.4. The Morgan fingerprint density at radius 1 is 1.37 bits per heavy atom. The number of halogens is 1. The van der Waals surface area contributed by atoms with Crippen molar-refractivity contribution >= 4 is 17.3 Å². The van der Waals surface area contributed by atoms with E-state index in [1.54, 1.807) is 11.0 Å². The summed E-state index contributed by atoms with van der Waals surface area (Å²) in [6, 6.07) is 4.52. The molecule has 104 valence electrons. The van der Waals surface area contributed by atoms with Crippen LogP contribution in [-0.2, 0) is 9.53 Å². The molecular weight excluding hydrogens is 247 g/mol. The van der Waals surface area contributed by atoms with Gasteiger partial charge >= 0.3 is 0 Å². The third kappa shape index (κ3) is 3.04. The molecule has 19 heavy (non-hydrogen) atoms. The SMILES string of the molecule is CCOCCC(=O)N1CCN(C)c2cc(F)ccc21. The number of hydrogen-bond donors (Lipinski definition) is 0. The number of carbonyl (C=O) groups is 1. The summed E-state index contributed by atoms with van der Waals surface area (Å²) < 4.78 is 18.5. The van der Waals surface area contributed by atoms with E-state index in [9.17, 15) is 9.18 Å². The second-order valence-corrected chi connectivity index (χ2v) is 4.55. The van der Waals surface area contributed by atoms with Crippen molar-refractivity contribution in [3.63, 3.8) is 0 Å². The minimum absolute atomic E-state index is 0.0226. The molecule has 0 bridgehead atoms. The van der Waals surface area contributed by atoms with Gasteiger partial charge in [-0.25, -0.2) is 4.39 Å². The molecule has 1 aromatic carbocycles. The molecule has 5 heteroatoms. The van der Waals surface area contributed by atoms with Crippen molar-refractivity contribution in [2.75, 3.05) is 43.2 Å². The van der Waals surface area contributed by atoms with Crippen LogP contribution in [0.2, 0.25) is 0 Å². The van der Waals surface area contributed by atoms with Crippen molar-refractivity contribution in [2.24, 2.45) is 0 Å². The second-order valence-electron chi connectivity index (χ2n) is 4.55. The molecule has 2 rings (SSSR count). The van der Waals surface area contributed by atoms with Crippen LogP contribution in [0.5, 0.6) is 0 Å². The van der Waals surface area contributed by atoms with E-state index in [4.69, 9.17) is 4.74 Å². The van der Waals surface area contributed by atoms with Gasteiger partial charge in [0.15, 0.2) is 0 Å². The van der Waals surface area contributed by atoms with Crippen molar-refractivity contribution in [2.45, 2.75) is 13.3 Å². The Labute approximate surface area is 112 Å². The predicted octanol–water partition coefficient (Wildman–Crippen LogP) is 2.04. The van der Waals surface area contributed by atoms with Crippen molar-refractivity contribution in [1.82, 2.24) is 0 Å². The molecule has 0 aromatic heterocycles. The fourth-order valence-electron chi connectivity index (χ4n) is 2.22. The van der Waals surface area contributed by atoms with Crippen LogP contribution in [0.25, 0.3) is 0 Å². The molecule has 0 unspecified atom stereocenters. The fraction of sp³-hybridized carbons (Fsp3) is 0.500. The fourth-order valence-corrected chi connectivity index (χ4v) is 2.22. The molecule has 0 saturated heterocycles. The quantitative estimate of drug-likeness (QED) is 0.782. The molecule has 1 heterocycles. The molecule has 0 saturated carbocycles. The van der Waals surface area contributed by atoms with E-state index in [1.165, 1.54) is 12.1 Å². The van der Waals surface area contributed by atoms with E-state index in [-0.39, 0.29) is 11.7 Å². The second kappa shape index (κ2) is 6.02. The topological polar surface area (TPSA) is 32.8 Å². The highest BCUT2D eigenvalue weighted by atomic mass is 19.1. The molecule has 0 radical (unpaired) electrons. The molecule has 0 fully saturated rings. The van der Waals surface area contributed by atoms with E-state index in [1.807, 2.05) is 18.9 Å². The first-order valence-corrected chi connectivity index (χ1v) is 6.52. The zero-order chi connectivity index (χ0) is 13.8. The van der Waals surface area contributed by atoms with Gasteiger partial charge < -0.3 is 14.5 Å². The molecule has 1 amide bonds. The standard InChI is InChI=1S/C14H19FN2O2/c1-3-19-9-6-14(18)17-8-7-16(2)13-10-11(15)4-5-12(13)17/h4-5,10H,3,6-9H2,1-2H3. The maximum absolute atomic E-state index is 13.3. The summed E-state index contributed by atoms with van der Waals surface area (Å²) in [6.07, 6.45) is 0.356. The summed E-state index contributed by atoms with van der Waals surface area (Å²) in [5.41, 5.74) is 1.53. The van der Waals surface area contributed by atoms with Crippen LogP contribution >= 0.6 is 0 Å². The van der Waals surface area contributed by atoms with Gasteiger partial charge in [0.1, 0.15) is 5.82 Å². The van der Waals surface area contributed by atoms with Crippen LogP contribution in [-0.4, -0.2) is 39.3 Å². The number of rotatable bonds is 4. The molecule has 0 N–H and O–H groups in total. The van der Waals surface area contributed by atoms with Crippen LogP contribution < -0.4 is 9.80 Å². The lowest BCUT2D eigenvalue weighted by molar-refractivity contribution is -0.119.